The normalized spacial score (nSPS) is 11.2. The molecule has 3 aromatic carbocycles. The van der Waals surface area contributed by atoms with E-state index in [-0.39, 0.29) is 0 Å². The lowest BCUT2D eigenvalue weighted by Gasteiger charge is -2.05. The van der Waals surface area contributed by atoms with Crippen molar-refractivity contribution in [1.29, 1.82) is 0 Å². The summed E-state index contributed by atoms with van der Waals surface area (Å²) in [6, 6.07) is 24.5. The third kappa shape index (κ3) is 2.27. The summed E-state index contributed by atoms with van der Waals surface area (Å²) in [7, 11) is 0. The van der Waals surface area contributed by atoms with Crippen LogP contribution in [0, 0.1) is 0 Å². The number of hydrogen-bond acceptors (Lipinski definition) is 3. The SMILES string of the molecule is O=Cc1c(-c2ccccc2)nc2scc(-c3ccc4ccccc4c3)n12. The van der Waals surface area contributed by atoms with E-state index in [1.807, 2.05) is 46.9 Å². The molecule has 2 aromatic heterocycles. The van der Waals surface area contributed by atoms with Gasteiger partial charge in [0, 0.05) is 16.5 Å². The van der Waals surface area contributed by atoms with Crippen LogP contribution in [0.25, 0.3) is 38.2 Å². The Balaban J connectivity index is 1.76. The minimum atomic E-state index is 0.593. The van der Waals surface area contributed by atoms with Crippen LogP contribution in [0.15, 0.2) is 78.2 Å². The van der Waals surface area contributed by atoms with Crippen molar-refractivity contribution in [3.63, 3.8) is 0 Å². The molecule has 0 unspecified atom stereocenters. The molecule has 0 amide bonds. The second kappa shape index (κ2) is 5.93. The van der Waals surface area contributed by atoms with Crippen LogP contribution in [0.1, 0.15) is 10.5 Å². The zero-order valence-corrected chi connectivity index (χ0v) is 14.6. The molecule has 0 saturated carbocycles. The number of carbonyl (C=O) groups excluding carboxylic acids is 1. The first kappa shape index (κ1) is 15.0. The number of aromatic nitrogens is 2. The fourth-order valence-corrected chi connectivity index (χ4v) is 4.25. The fraction of sp³-hybridized carbons (Fsp3) is 0. The monoisotopic (exact) mass is 354 g/mol. The van der Waals surface area contributed by atoms with Gasteiger partial charge in [0.1, 0.15) is 11.4 Å². The van der Waals surface area contributed by atoms with Gasteiger partial charge in [-0.15, -0.1) is 11.3 Å². The largest absolute Gasteiger partial charge is 0.296 e. The summed E-state index contributed by atoms with van der Waals surface area (Å²) in [6.45, 7) is 0. The van der Waals surface area contributed by atoms with Crippen LogP contribution < -0.4 is 0 Å². The van der Waals surface area contributed by atoms with Crippen molar-refractivity contribution in [2.75, 3.05) is 0 Å². The number of benzene rings is 3. The predicted octanol–water partition coefficient (Wildman–Crippen LogP) is 5.70. The lowest BCUT2D eigenvalue weighted by molar-refractivity contribution is 0.111. The number of rotatable bonds is 3. The summed E-state index contributed by atoms with van der Waals surface area (Å²) in [5.74, 6) is 0. The third-order valence-electron chi connectivity index (χ3n) is 4.60. The molecule has 124 valence electrons. The molecular formula is C22H14N2OS. The van der Waals surface area contributed by atoms with Crippen LogP contribution in [-0.4, -0.2) is 15.7 Å². The highest BCUT2D eigenvalue weighted by Crippen LogP contribution is 2.33. The molecule has 0 aliphatic heterocycles. The summed E-state index contributed by atoms with van der Waals surface area (Å²) < 4.78 is 1.96. The maximum Gasteiger partial charge on any atom is 0.195 e. The first-order valence-corrected chi connectivity index (χ1v) is 9.23. The molecule has 0 aliphatic rings. The van der Waals surface area contributed by atoms with Crippen molar-refractivity contribution in [2.45, 2.75) is 0 Å². The molecular weight excluding hydrogens is 340 g/mol. The highest BCUT2D eigenvalue weighted by atomic mass is 32.1. The summed E-state index contributed by atoms with van der Waals surface area (Å²) in [5.41, 5.74) is 4.35. The van der Waals surface area contributed by atoms with Crippen molar-refractivity contribution in [3.05, 3.63) is 83.9 Å². The first-order valence-electron chi connectivity index (χ1n) is 8.35. The Morgan fingerprint density at radius 3 is 2.42 bits per heavy atom. The number of aldehydes is 1. The molecule has 5 aromatic rings. The van der Waals surface area contributed by atoms with Gasteiger partial charge in [0.05, 0.1) is 5.69 Å². The van der Waals surface area contributed by atoms with E-state index in [4.69, 9.17) is 4.98 Å². The highest BCUT2D eigenvalue weighted by molar-refractivity contribution is 7.15. The van der Waals surface area contributed by atoms with Crippen LogP contribution in [0.2, 0.25) is 0 Å². The van der Waals surface area contributed by atoms with E-state index in [2.05, 4.69) is 35.7 Å². The van der Waals surface area contributed by atoms with Crippen molar-refractivity contribution in [2.24, 2.45) is 0 Å². The number of carbonyl (C=O) groups is 1. The standard InChI is InChI=1S/C22H14N2OS/c25-13-19-21(16-7-2-1-3-8-16)23-22-24(19)20(14-26-22)18-11-10-15-6-4-5-9-17(15)12-18/h1-14H. The molecule has 5 rings (SSSR count). The van der Waals surface area contributed by atoms with Crippen molar-refractivity contribution < 1.29 is 4.79 Å². The third-order valence-corrected chi connectivity index (χ3v) is 5.43. The number of imidazole rings is 1. The summed E-state index contributed by atoms with van der Waals surface area (Å²) in [6.07, 6.45) is 0.902. The zero-order valence-electron chi connectivity index (χ0n) is 13.8. The Hall–Kier alpha value is -3.24. The summed E-state index contributed by atoms with van der Waals surface area (Å²) in [5, 5.41) is 4.45. The van der Waals surface area contributed by atoms with Gasteiger partial charge in [-0.05, 0) is 16.8 Å². The molecule has 4 heteroatoms. The van der Waals surface area contributed by atoms with Crippen LogP contribution in [-0.2, 0) is 0 Å². The molecule has 0 saturated heterocycles. The van der Waals surface area contributed by atoms with Crippen molar-refractivity contribution in [3.8, 4) is 22.5 Å². The lowest BCUT2D eigenvalue weighted by Crippen LogP contribution is -1.94. The molecule has 26 heavy (non-hydrogen) atoms. The topological polar surface area (TPSA) is 34.4 Å². The van der Waals surface area contributed by atoms with E-state index < -0.39 is 0 Å². The van der Waals surface area contributed by atoms with Gasteiger partial charge in [0.15, 0.2) is 11.2 Å². The molecule has 0 fully saturated rings. The predicted molar refractivity (Wildman–Crippen MR) is 107 cm³/mol. The van der Waals surface area contributed by atoms with Crippen LogP contribution in [0.3, 0.4) is 0 Å². The van der Waals surface area contributed by atoms with Gasteiger partial charge in [-0.25, -0.2) is 4.98 Å². The number of fused-ring (bicyclic) bond motifs is 2. The Labute approximate surface area is 154 Å². The molecule has 0 spiro atoms. The van der Waals surface area contributed by atoms with Gasteiger partial charge in [-0.3, -0.25) is 9.20 Å². The van der Waals surface area contributed by atoms with Gasteiger partial charge < -0.3 is 0 Å². The molecule has 0 N–H and O–H groups in total. The van der Waals surface area contributed by atoms with Gasteiger partial charge in [0.2, 0.25) is 0 Å². The molecule has 0 aliphatic carbocycles. The van der Waals surface area contributed by atoms with Gasteiger partial charge >= 0.3 is 0 Å². The second-order valence-electron chi connectivity index (χ2n) is 6.13. The first-order chi connectivity index (χ1) is 12.8. The van der Waals surface area contributed by atoms with Crippen molar-refractivity contribution >= 4 is 33.4 Å². The van der Waals surface area contributed by atoms with Crippen LogP contribution >= 0.6 is 11.3 Å². The average Bonchev–Trinajstić information content (AvgIpc) is 3.27. The van der Waals surface area contributed by atoms with E-state index >= 15 is 0 Å². The maximum atomic E-state index is 11.9. The maximum absolute atomic E-state index is 11.9. The Morgan fingerprint density at radius 1 is 0.846 bits per heavy atom. The highest BCUT2D eigenvalue weighted by Gasteiger charge is 2.18. The Morgan fingerprint density at radius 2 is 1.62 bits per heavy atom. The average molecular weight is 354 g/mol. The van der Waals surface area contributed by atoms with Crippen LogP contribution in [0.5, 0.6) is 0 Å². The minimum Gasteiger partial charge on any atom is -0.296 e. The van der Waals surface area contributed by atoms with Gasteiger partial charge in [0.25, 0.3) is 0 Å². The molecule has 3 nitrogen and oxygen atoms in total. The molecule has 0 radical (unpaired) electrons. The molecule has 0 bridgehead atoms. The van der Waals surface area contributed by atoms with E-state index in [1.54, 1.807) is 11.3 Å². The Bertz CT molecular complexity index is 1250. The molecule has 0 atom stereocenters. The second-order valence-corrected chi connectivity index (χ2v) is 6.97. The fourth-order valence-electron chi connectivity index (χ4n) is 3.35. The van der Waals surface area contributed by atoms with Gasteiger partial charge in [-0.2, -0.15) is 0 Å². The summed E-state index contributed by atoms with van der Waals surface area (Å²) in [4.78, 5) is 17.5. The Kier molecular flexibility index (Phi) is 3.43. The minimum absolute atomic E-state index is 0.593. The number of thiazole rings is 1. The number of nitrogens with zero attached hydrogens (tertiary/aromatic N) is 2. The summed E-state index contributed by atoms with van der Waals surface area (Å²) >= 11 is 1.55. The molecule has 2 heterocycles. The van der Waals surface area contributed by atoms with Crippen LogP contribution in [0.4, 0.5) is 0 Å². The van der Waals surface area contributed by atoms with Crippen molar-refractivity contribution in [1.82, 2.24) is 9.38 Å². The van der Waals surface area contributed by atoms with E-state index in [9.17, 15) is 4.79 Å². The number of hydrogen-bond donors (Lipinski definition) is 0. The zero-order chi connectivity index (χ0) is 17.5. The van der Waals surface area contributed by atoms with Gasteiger partial charge in [-0.1, -0.05) is 66.7 Å². The smallest absolute Gasteiger partial charge is 0.195 e. The van der Waals surface area contributed by atoms with E-state index in [0.717, 1.165) is 33.8 Å². The van der Waals surface area contributed by atoms with E-state index in [0.29, 0.717) is 5.69 Å². The quantitative estimate of drug-likeness (QED) is 0.390. The van der Waals surface area contributed by atoms with E-state index in [1.165, 1.54) is 10.8 Å². The lowest BCUT2D eigenvalue weighted by atomic mass is 10.1.